The van der Waals surface area contributed by atoms with Crippen LogP contribution in [0.2, 0.25) is 0 Å². The largest absolute Gasteiger partial charge is 0.463 e. The lowest BCUT2D eigenvalue weighted by molar-refractivity contribution is 0.0587. The second-order valence-electron chi connectivity index (χ2n) is 3.72. The van der Waals surface area contributed by atoms with Gasteiger partial charge in [0.05, 0.1) is 12.8 Å². The number of carbonyl (C=O) groups excluding carboxylic acids is 2. The van der Waals surface area contributed by atoms with Crippen molar-refractivity contribution in [2.24, 2.45) is 0 Å². The van der Waals surface area contributed by atoms with Crippen LogP contribution >= 0.6 is 15.9 Å². The number of ether oxygens (including phenoxy) is 1. The highest BCUT2D eigenvalue weighted by Gasteiger charge is 2.15. The summed E-state index contributed by atoms with van der Waals surface area (Å²) in [7, 11) is 1.25. The molecule has 98 valence electrons. The second kappa shape index (κ2) is 5.31. The molecule has 6 nitrogen and oxygen atoms in total. The van der Waals surface area contributed by atoms with Crippen molar-refractivity contribution in [1.29, 1.82) is 0 Å². The van der Waals surface area contributed by atoms with Crippen LogP contribution in [0.4, 0.5) is 0 Å². The van der Waals surface area contributed by atoms with Crippen LogP contribution in [0.15, 0.2) is 29.0 Å². The predicted molar refractivity (Wildman–Crippen MR) is 70.4 cm³/mol. The summed E-state index contributed by atoms with van der Waals surface area (Å²) in [5.74, 6) is -0.785. The molecular formula is C12H10BrN3O3. The molecule has 0 aliphatic heterocycles. The van der Waals surface area contributed by atoms with Crippen LogP contribution in [0.3, 0.4) is 0 Å². The first-order valence-corrected chi connectivity index (χ1v) is 6.13. The molecule has 0 N–H and O–H groups in total. The number of halogens is 1. The number of rotatable bonds is 3. The monoisotopic (exact) mass is 323 g/mol. The predicted octanol–water partition coefficient (Wildman–Crippen LogP) is 2.02. The molecule has 19 heavy (non-hydrogen) atoms. The minimum Gasteiger partial charge on any atom is -0.463 e. The van der Waals surface area contributed by atoms with E-state index < -0.39 is 5.97 Å². The van der Waals surface area contributed by atoms with Crippen molar-refractivity contribution in [3.63, 3.8) is 0 Å². The van der Waals surface area contributed by atoms with Crippen molar-refractivity contribution in [3.05, 3.63) is 40.4 Å². The third kappa shape index (κ3) is 2.70. The number of methoxy groups -OCH3 is 1. The van der Waals surface area contributed by atoms with Gasteiger partial charge in [-0.15, -0.1) is 5.10 Å². The van der Waals surface area contributed by atoms with Crippen LogP contribution in [-0.2, 0) is 4.74 Å². The van der Waals surface area contributed by atoms with E-state index in [2.05, 4.69) is 30.7 Å². The van der Waals surface area contributed by atoms with Crippen LogP contribution < -0.4 is 0 Å². The van der Waals surface area contributed by atoms with Gasteiger partial charge in [-0.1, -0.05) is 15.9 Å². The topological polar surface area (TPSA) is 74.1 Å². The van der Waals surface area contributed by atoms with Crippen molar-refractivity contribution in [2.45, 2.75) is 6.92 Å². The highest BCUT2D eigenvalue weighted by atomic mass is 79.9. The smallest absolute Gasteiger partial charge is 0.377 e. The van der Waals surface area contributed by atoms with Gasteiger partial charge in [-0.3, -0.25) is 4.79 Å². The number of esters is 1. The Bertz CT molecular complexity index is 651. The van der Waals surface area contributed by atoms with Crippen molar-refractivity contribution >= 4 is 27.7 Å². The molecular weight excluding hydrogens is 314 g/mol. The van der Waals surface area contributed by atoms with Crippen LogP contribution in [-0.4, -0.2) is 33.6 Å². The van der Waals surface area contributed by atoms with E-state index in [1.165, 1.54) is 25.0 Å². The van der Waals surface area contributed by atoms with Gasteiger partial charge >= 0.3 is 5.97 Å². The summed E-state index contributed by atoms with van der Waals surface area (Å²) in [5.41, 5.74) is 1.04. The normalized spacial score (nSPS) is 10.3. The number of Topliss-reactive ketones (excluding diaryl/α,β-unsaturated/α-hetero) is 1. The fourth-order valence-corrected chi connectivity index (χ4v) is 1.90. The van der Waals surface area contributed by atoms with Gasteiger partial charge < -0.3 is 4.74 Å². The maximum atomic E-state index is 11.6. The summed E-state index contributed by atoms with van der Waals surface area (Å²) in [6.45, 7) is 1.46. The molecule has 7 heteroatoms. The Morgan fingerprint density at radius 3 is 2.74 bits per heavy atom. The first kappa shape index (κ1) is 13.4. The molecule has 2 aromatic rings. The van der Waals surface area contributed by atoms with E-state index in [4.69, 9.17) is 0 Å². The number of benzene rings is 1. The molecule has 2 rings (SSSR count). The molecule has 0 saturated heterocycles. The van der Waals surface area contributed by atoms with E-state index in [1.807, 2.05) is 0 Å². The summed E-state index contributed by atoms with van der Waals surface area (Å²) < 4.78 is 6.70. The number of carbonyl (C=O) groups is 2. The SMILES string of the molecule is COC(=O)c1ncn(-c2cc(Br)ccc2C(C)=O)n1. The average Bonchev–Trinajstić information content (AvgIpc) is 2.86. The maximum Gasteiger partial charge on any atom is 0.377 e. The van der Waals surface area contributed by atoms with Gasteiger partial charge in [-0.05, 0) is 25.1 Å². The van der Waals surface area contributed by atoms with Gasteiger partial charge in [-0.2, -0.15) is 0 Å². The highest BCUT2D eigenvalue weighted by Crippen LogP contribution is 2.20. The number of nitrogens with zero attached hydrogens (tertiary/aromatic N) is 3. The summed E-state index contributed by atoms with van der Waals surface area (Å²) >= 11 is 3.33. The Hall–Kier alpha value is -2.02. The van der Waals surface area contributed by atoms with Gasteiger partial charge in [0.25, 0.3) is 5.82 Å². The molecule has 0 aliphatic carbocycles. The zero-order valence-electron chi connectivity index (χ0n) is 10.3. The Balaban J connectivity index is 2.52. The van der Waals surface area contributed by atoms with Crippen LogP contribution in [0.1, 0.15) is 27.9 Å². The number of hydrogen-bond donors (Lipinski definition) is 0. The van der Waals surface area contributed by atoms with Crippen molar-refractivity contribution in [1.82, 2.24) is 14.8 Å². The second-order valence-corrected chi connectivity index (χ2v) is 4.64. The maximum absolute atomic E-state index is 11.6. The Kier molecular flexibility index (Phi) is 3.75. The van der Waals surface area contributed by atoms with Gasteiger partial charge in [0.2, 0.25) is 0 Å². The fraction of sp³-hybridized carbons (Fsp3) is 0.167. The van der Waals surface area contributed by atoms with Crippen LogP contribution in [0.25, 0.3) is 5.69 Å². The van der Waals surface area contributed by atoms with Crippen LogP contribution in [0.5, 0.6) is 0 Å². The molecule has 0 spiro atoms. The van der Waals surface area contributed by atoms with Crippen molar-refractivity contribution < 1.29 is 14.3 Å². The van der Waals surface area contributed by atoms with Crippen molar-refractivity contribution in [2.75, 3.05) is 7.11 Å². The lowest BCUT2D eigenvalue weighted by Gasteiger charge is -2.06. The van der Waals surface area contributed by atoms with Gasteiger partial charge in [0.1, 0.15) is 6.33 Å². The van der Waals surface area contributed by atoms with Crippen molar-refractivity contribution in [3.8, 4) is 5.69 Å². The lowest BCUT2D eigenvalue weighted by atomic mass is 10.1. The molecule has 0 fully saturated rings. The first-order chi connectivity index (χ1) is 9.02. The first-order valence-electron chi connectivity index (χ1n) is 5.33. The van der Waals surface area contributed by atoms with E-state index in [0.29, 0.717) is 11.3 Å². The molecule has 0 saturated carbocycles. The zero-order valence-corrected chi connectivity index (χ0v) is 11.8. The molecule has 0 atom stereocenters. The van der Waals surface area contributed by atoms with Crippen LogP contribution in [0, 0.1) is 0 Å². The fourth-order valence-electron chi connectivity index (χ4n) is 1.56. The molecule has 0 bridgehead atoms. The molecule has 1 aromatic carbocycles. The number of aromatic nitrogens is 3. The molecule has 0 amide bonds. The molecule has 0 radical (unpaired) electrons. The summed E-state index contributed by atoms with van der Waals surface area (Å²) in [4.78, 5) is 26.7. The van der Waals surface area contributed by atoms with E-state index in [1.54, 1.807) is 18.2 Å². The highest BCUT2D eigenvalue weighted by molar-refractivity contribution is 9.10. The lowest BCUT2D eigenvalue weighted by Crippen LogP contribution is -2.07. The third-order valence-corrected chi connectivity index (χ3v) is 2.94. The van der Waals surface area contributed by atoms with Gasteiger partial charge in [0, 0.05) is 10.0 Å². The average molecular weight is 324 g/mol. The van der Waals surface area contributed by atoms with E-state index in [9.17, 15) is 9.59 Å². The van der Waals surface area contributed by atoms with E-state index >= 15 is 0 Å². The minimum absolute atomic E-state index is 0.0584. The van der Waals surface area contributed by atoms with E-state index in [0.717, 1.165) is 4.47 Å². The molecule has 0 aliphatic rings. The minimum atomic E-state index is -0.627. The molecule has 0 unspecified atom stereocenters. The number of ketones is 1. The summed E-state index contributed by atoms with van der Waals surface area (Å²) in [6, 6.07) is 5.17. The van der Waals surface area contributed by atoms with Gasteiger partial charge in [-0.25, -0.2) is 14.5 Å². The Morgan fingerprint density at radius 2 is 2.11 bits per heavy atom. The third-order valence-electron chi connectivity index (χ3n) is 2.45. The summed E-state index contributed by atoms with van der Waals surface area (Å²) in [6.07, 6.45) is 1.36. The Morgan fingerprint density at radius 1 is 1.37 bits per heavy atom. The molecule has 1 aromatic heterocycles. The quantitative estimate of drug-likeness (QED) is 0.638. The zero-order chi connectivity index (χ0) is 14.0. The Labute approximate surface area is 117 Å². The van der Waals surface area contributed by atoms with E-state index in [-0.39, 0.29) is 11.6 Å². The van der Waals surface area contributed by atoms with Gasteiger partial charge in [0.15, 0.2) is 5.78 Å². The molecule has 1 heterocycles. The summed E-state index contributed by atoms with van der Waals surface area (Å²) in [5, 5.41) is 3.99. The standard InChI is InChI=1S/C12H10BrN3O3/c1-7(17)9-4-3-8(13)5-10(9)16-6-14-11(15-16)12(18)19-2/h3-6H,1-2H3. The number of hydrogen-bond acceptors (Lipinski definition) is 5.